The molecule has 0 saturated heterocycles. The van der Waals surface area contributed by atoms with Crippen molar-refractivity contribution >= 4 is 17.3 Å². The van der Waals surface area contributed by atoms with E-state index in [4.69, 9.17) is 16.1 Å². The van der Waals surface area contributed by atoms with Crippen molar-refractivity contribution in [1.29, 1.82) is 5.26 Å². The molecule has 1 unspecified atom stereocenters. The van der Waals surface area contributed by atoms with Gasteiger partial charge in [-0.25, -0.2) is 9.18 Å². The van der Waals surface area contributed by atoms with E-state index in [1.54, 1.807) is 18.9 Å². The largest absolute Gasteiger partial charge is 0.478 e. The van der Waals surface area contributed by atoms with Gasteiger partial charge in [0, 0.05) is 19.7 Å². The lowest BCUT2D eigenvalue weighted by atomic mass is 10.1. The van der Waals surface area contributed by atoms with Gasteiger partial charge in [0.05, 0.1) is 28.9 Å². The molecule has 0 spiro atoms. The van der Waals surface area contributed by atoms with Gasteiger partial charge in [-0.2, -0.15) is 5.26 Å². The maximum atomic E-state index is 13.5. The second-order valence-corrected chi connectivity index (χ2v) is 4.11. The Hall–Kier alpha value is -2.29. The van der Waals surface area contributed by atoms with Crippen molar-refractivity contribution in [2.24, 2.45) is 5.92 Å². The average molecular weight is 251 g/mol. The van der Waals surface area contributed by atoms with Gasteiger partial charge in [0.1, 0.15) is 5.82 Å². The molecular weight excluding hydrogens is 237 g/mol. The third kappa shape index (κ3) is 2.88. The molecule has 1 rings (SSSR count). The third-order valence-electron chi connectivity index (χ3n) is 2.53. The van der Waals surface area contributed by atoms with E-state index in [-0.39, 0.29) is 11.6 Å². The summed E-state index contributed by atoms with van der Waals surface area (Å²) in [4.78, 5) is 12.3. The Kier molecular flexibility index (Phi) is 4.10. The van der Waals surface area contributed by atoms with Crippen molar-refractivity contribution in [1.82, 2.24) is 0 Å². The van der Waals surface area contributed by atoms with Crippen LogP contribution in [0, 0.1) is 23.1 Å². The summed E-state index contributed by atoms with van der Waals surface area (Å²) < 4.78 is 13.5. The fourth-order valence-electron chi connectivity index (χ4n) is 1.62. The summed E-state index contributed by atoms with van der Waals surface area (Å²) in [7, 11) is 1.67. The van der Waals surface area contributed by atoms with E-state index in [0.29, 0.717) is 12.2 Å². The highest BCUT2D eigenvalue weighted by atomic mass is 19.1. The Balaban J connectivity index is 3.08. The number of anilines is 2. The first kappa shape index (κ1) is 13.8. The van der Waals surface area contributed by atoms with Crippen molar-refractivity contribution in [3.8, 4) is 6.07 Å². The molecule has 0 aromatic heterocycles. The van der Waals surface area contributed by atoms with Crippen LogP contribution in [0.2, 0.25) is 0 Å². The summed E-state index contributed by atoms with van der Waals surface area (Å²) in [6.45, 7) is 2.11. The van der Waals surface area contributed by atoms with Gasteiger partial charge in [0.2, 0.25) is 0 Å². The molecule has 6 heteroatoms. The summed E-state index contributed by atoms with van der Waals surface area (Å²) in [5.74, 6) is -2.45. The van der Waals surface area contributed by atoms with Crippen LogP contribution in [0.3, 0.4) is 0 Å². The standard InChI is InChI=1S/C12H14FN3O2/c1-7(5-14)6-16(2)11-4-9(13)8(12(17)18)3-10(11)15/h3-4,7H,6,15H2,1-2H3,(H,17,18). The van der Waals surface area contributed by atoms with Gasteiger partial charge in [-0.1, -0.05) is 0 Å². The van der Waals surface area contributed by atoms with Crippen LogP contribution in [0.5, 0.6) is 0 Å². The highest BCUT2D eigenvalue weighted by Crippen LogP contribution is 2.26. The summed E-state index contributed by atoms with van der Waals surface area (Å²) >= 11 is 0. The van der Waals surface area contributed by atoms with E-state index in [9.17, 15) is 9.18 Å². The highest BCUT2D eigenvalue weighted by Gasteiger charge is 2.16. The lowest BCUT2D eigenvalue weighted by Gasteiger charge is -2.22. The number of aromatic carboxylic acids is 1. The molecule has 1 atom stereocenters. The molecule has 0 radical (unpaired) electrons. The number of nitrogens with zero attached hydrogens (tertiary/aromatic N) is 2. The summed E-state index contributed by atoms with van der Waals surface area (Å²) in [6, 6.07) is 4.22. The van der Waals surface area contributed by atoms with Gasteiger partial charge in [0.25, 0.3) is 0 Å². The minimum atomic E-state index is -1.36. The lowest BCUT2D eigenvalue weighted by molar-refractivity contribution is 0.0692. The number of rotatable bonds is 4. The van der Waals surface area contributed by atoms with Crippen LogP contribution in [0.1, 0.15) is 17.3 Å². The third-order valence-corrected chi connectivity index (χ3v) is 2.53. The van der Waals surface area contributed by atoms with Gasteiger partial charge < -0.3 is 15.7 Å². The van der Waals surface area contributed by atoms with E-state index in [0.717, 1.165) is 12.1 Å². The molecule has 5 nitrogen and oxygen atoms in total. The highest BCUT2D eigenvalue weighted by molar-refractivity contribution is 5.90. The van der Waals surface area contributed by atoms with Crippen LogP contribution in [-0.4, -0.2) is 24.7 Å². The van der Waals surface area contributed by atoms with Gasteiger partial charge in [-0.15, -0.1) is 0 Å². The number of carbonyl (C=O) groups is 1. The number of carboxylic acid groups (broad SMARTS) is 1. The smallest absolute Gasteiger partial charge is 0.338 e. The van der Waals surface area contributed by atoms with Crippen molar-refractivity contribution in [3.63, 3.8) is 0 Å². The predicted octanol–water partition coefficient (Wildman–Crippen LogP) is 1.70. The van der Waals surface area contributed by atoms with Crippen LogP contribution < -0.4 is 10.6 Å². The number of benzene rings is 1. The minimum Gasteiger partial charge on any atom is -0.478 e. The maximum Gasteiger partial charge on any atom is 0.338 e. The number of nitrogen functional groups attached to an aromatic ring is 1. The number of nitrogens with two attached hydrogens (primary N) is 1. The van der Waals surface area contributed by atoms with Crippen LogP contribution in [0.25, 0.3) is 0 Å². The second-order valence-electron chi connectivity index (χ2n) is 4.11. The molecule has 0 amide bonds. The predicted molar refractivity (Wildman–Crippen MR) is 65.8 cm³/mol. The fourth-order valence-corrected chi connectivity index (χ4v) is 1.62. The topological polar surface area (TPSA) is 90.3 Å². The van der Waals surface area contributed by atoms with E-state index >= 15 is 0 Å². The zero-order valence-corrected chi connectivity index (χ0v) is 10.1. The zero-order valence-electron chi connectivity index (χ0n) is 10.1. The van der Waals surface area contributed by atoms with Gasteiger partial charge in [-0.05, 0) is 13.0 Å². The molecule has 1 aromatic rings. The summed E-state index contributed by atoms with van der Waals surface area (Å²) in [6.07, 6.45) is 0. The van der Waals surface area contributed by atoms with Crippen LogP contribution >= 0.6 is 0 Å². The number of halogens is 1. The fraction of sp³-hybridized carbons (Fsp3) is 0.333. The van der Waals surface area contributed by atoms with E-state index < -0.39 is 17.3 Å². The second kappa shape index (κ2) is 5.36. The first-order chi connectivity index (χ1) is 8.36. The van der Waals surface area contributed by atoms with Crippen molar-refractivity contribution < 1.29 is 14.3 Å². The quantitative estimate of drug-likeness (QED) is 0.795. The Morgan fingerprint density at radius 2 is 2.28 bits per heavy atom. The number of hydrogen-bond acceptors (Lipinski definition) is 4. The Morgan fingerprint density at radius 3 is 2.78 bits per heavy atom. The average Bonchev–Trinajstić information content (AvgIpc) is 2.30. The minimum absolute atomic E-state index is 0.168. The lowest BCUT2D eigenvalue weighted by Crippen LogP contribution is -2.24. The molecule has 0 aliphatic carbocycles. The first-order valence-electron chi connectivity index (χ1n) is 5.30. The molecular formula is C12H14FN3O2. The molecule has 0 aliphatic heterocycles. The molecule has 18 heavy (non-hydrogen) atoms. The molecule has 0 saturated carbocycles. The van der Waals surface area contributed by atoms with Gasteiger partial charge >= 0.3 is 5.97 Å². The SMILES string of the molecule is CC(C#N)CN(C)c1cc(F)c(C(=O)O)cc1N. The molecule has 0 heterocycles. The van der Waals surface area contributed by atoms with E-state index in [1.165, 1.54) is 0 Å². The van der Waals surface area contributed by atoms with Crippen LogP contribution in [0.4, 0.5) is 15.8 Å². The normalized spacial score (nSPS) is 11.7. The molecule has 0 fully saturated rings. The Morgan fingerprint density at radius 1 is 1.67 bits per heavy atom. The van der Waals surface area contributed by atoms with E-state index in [2.05, 4.69) is 6.07 Å². The number of carboxylic acids is 1. The molecule has 0 bridgehead atoms. The summed E-state index contributed by atoms with van der Waals surface area (Å²) in [5, 5.41) is 17.5. The number of nitriles is 1. The molecule has 3 N–H and O–H groups in total. The molecule has 0 aliphatic rings. The maximum absolute atomic E-state index is 13.5. The Bertz CT molecular complexity index is 511. The van der Waals surface area contributed by atoms with Gasteiger partial charge in [-0.3, -0.25) is 0 Å². The van der Waals surface area contributed by atoms with Crippen molar-refractivity contribution in [3.05, 3.63) is 23.5 Å². The van der Waals surface area contributed by atoms with Gasteiger partial charge in [0.15, 0.2) is 0 Å². The van der Waals surface area contributed by atoms with E-state index in [1.807, 2.05) is 0 Å². The monoisotopic (exact) mass is 251 g/mol. The molecule has 1 aromatic carbocycles. The summed E-state index contributed by atoms with van der Waals surface area (Å²) in [5.41, 5.74) is 5.77. The number of hydrogen-bond donors (Lipinski definition) is 2. The first-order valence-corrected chi connectivity index (χ1v) is 5.30. The Labute approximate surface area is 104 Å². The molecule has 96 valence electrons. The van der Waals surface area contributed by atoms with Crippen molar-refractivity contribution in [2.75, 3.05) is 24.2 Å². The van der Waals surface area contributed by atoms with Crippen LogP contribution in [0.15, 0.2) is 12.1 Å². The van der Waals surface area contributed by atoms with Crippen LogP contribution in [-0.2, 0) is 0 Å². The zero-order chi connectivity index (χ0) is 13.9. The van der Waals surface area contributed by atoms with Crippen molar-refractivity contribution in [2.45, 2.75) is 6.92 Å².